The summed E-state index contributed by atoms with van der Waals surface area (Å²) in [5.74, 6) is -0.838. The van der Waals surface area contributed by atoms with E-state index in [1.807, 2.05) is 50.4 Å². The molecule has 2 heterocycles. The number of carbonyl (C=O) groups excluding carboxylic acids is 2. The molecule has 2 aromatic carbocycles. The largest absolute Gasteiger partial charge is 0.507 e. The number of ketones is 1. The summed E-state index contributed by atoms with van der Waals surface area (Å²) in [6, 6.07) is 13.9. The van der Waals surface area contributed by atoms with Gasteiger partial charge in [0.15, 0.2) is 0 Å². The number of anilines is 1. The Morgan fingerprint density at radius 1 is 1.00 bits per heavy atom. The van der Waals surface area contributed by atoms with E-state index in [9.17, 15) is 14.7 Å². The number of aryl methyl sites for hydroxylation is 3. The van der Waals surface area contributed by atoms with Gasteiger partial charge in [-0.1, -0.05) is 17.7 Å². The number of rotatable bonds is 4. The lowest BCUT2D eigenvalue weighted by Gasteiger charge is -2.25. The summed E-state index contributed by atoms with van der Waals surface area (Å²) in [6.45, 7) is 5.74. The van der Waals surface area contributed by atoms with Gasteiger partial charge in [0.1, 0.15) is 17.6 Å². The van der Waals surface area contributed by atoms with E-state index >= 15 is 0 Å². The molecule has 6 heteroatoms. The molecule has 1 unspecified atom stereocenters. The molecular formula is C25H23NO4S. The molecule has 5 nitrogen and oxygen atoms in total. The van der Waals surface area contributed by atoms with Crippen molar-refractivity contribution in [3.63, 3.8) is 0 Å². The number of thiophene rings is 1. The van der Waals surface area contributed by atoms with Crippen molar-refractivity contribution in [1.82, 2.24) is 0 Å². The Kier molecular flexibility index (Phi) is 5.41. The van der Waals surface area contributed by atoms with Crippen molar-refractivity contribution in [2.75, 3.05) is 12.0 Å². The van der Waals surface area contributed by atoms with Gasteiger partial charge in [-0.3, -0.25) is 14.5 Å². The number of hydrogen-bond donors (Lipinski definition) is 1. The Hall–Kier alpha value is -3.38. The van der Waals surface area contributed by atoms with Gasteiger partial charge in [0.05, 0.1) is 12.7 Å². The normalized spacial score (nSPS) is 17.9. The Labute approximate surface area is 185 Å². The lowest BCUT2D eigenvalue weighted by Crippen LogP contribution is -2.29. The maximum atomic E-state index is 13.2. The summed E-state index contributed by atoms with van der Waals surface area (Å²) in [6.07, 6.45) is 0. The molecule has 0 aliphatic carbocycles. The van der Waals surface area contributed by atoms with E-state index in [-0.39, 0.29) is 11.3 Å². The van der Waals surface area contributed by atoms with Crippen molar-refractivity contribution in [2.24, 2.45) is 0 Å². The number of Topliss-reactive ketones (excluding diaryl/α,β-unsaturated/α-hetero) is 1. The van der Waals surface area contributed by atoms with E-state index < -0.39 is 17.7 Å². The van der Waals surface area contributed by atoms with Gasteiger partial charge in [0.2, 0.25) is 0 Å². The van der Waals surface area contributed by atoms with Crippen molar-refractivity contribution >= 4 is 34.5 Å². The molecule has 1 fully saturated rings. The molecule has 1 N–H and O–H groups in total. The second kappa shape index (κ2) is 8.04. The van der Waals surface area contributed by atoms with E-state index in [0.717, 1.165) is 21.6 Å². The second-order valence-electron chi connectivity index (χ2n) is 7.65. The highest BCUT2D eigenvalue weighted by Gasteiger charge is 2.48. The third-order valence-corrected chi connectivity index (χ3v) is 6.66. The first kappa shape index (κ1) is 20.9. The minimum atomic E-state index is -0.701. The lowest BCUT2D eigenvalue weighted by atomic mass is 9.95. The summed E-state index contributed by atoms with van der Waals surface area (Å²) in [5, 5.41) is 13.2. The first-order valence-corrected chi connectivity index (χ1v) is 10.8. The summed E-state index contributed by atoms with van der Waals surface area (Å²) in [4.78, 5) is 28.7. The first-order valence-electron chi connectivity index (χ1n) is 9.90. The highest BCUT2D eigenvalue weighted by molar-refractivity contribution is 7.10. The lowest BCUT2D eigenvalue weighted by molar-refractivity contribution is -0.132. The van der Waals surface area contributed by atoms with Gasteiger partial charge in [-0.15, -0.1) is 11.3 Å². The topological polar surface area (TPSA) is 66.8 Å². The van der Waals surface area contributed by atoms with E-state index in [0.29, 0.717) is 17.0 Å². The van der Waals surface area contributed by atoms with Crippen molar-refractivity contribution in [2.45, 2.75) is 26.8 Å². The summed E-state index contributed by atoms with van der Waals surface area (Å²) in [5.41, 5.74) is 4.00. The van der Waals surface area contributed by atoms with Gasteiger partial charge in [-0.05, 0) is 73.7 Å². The predicted octanol–water partition coefficient (Wildman–Crippen LogP) is 5.31. The first-order chi connectivity index (χ1) is 14.8. The predicted molar refractivity (Wildman–Crippen MR) is 123 cm³/mol. The number of aliphatic hydroxyl groups is 1. The molecule has 0 saturated carbocycles. The minimum absolute atomic E-state index is 0.111. The molecule has 1 aliphatic rings. The fraction of sp³-hybridized carbons (Fsp3) is 0.200. The van der Waals surface area contributed by atoms with Gasteiger partial charge >= 0.3 is 0 Å². The van der Waals surface area contributed by atoms with Crippen LogP contribution in [0, 0.1) is 20.8 Å². The van der Waals surface area contributed by atoms with Crippen LogP contribution in [0.1, 0.15) is 33.2 Å². The molecule has 3 aromatic rings. The van der Waals surface area contributed by atoms with Crippen LogP contribution in [0.2, 0.25) is 0 Å². The standard InChI is InChI=1S/C25H23NO4S/c1-14-5-6-15(2)19(13-14)22(27)20-21(24-16(3)11-12-31-24)26(25(29)23(20)28)17-7-9-18(30-4)10-8-17/h5-13,21,27H,1-4H3/b22-20+. The van der Waals surface area contributed by atoms with Crippen LogP contribution < -0.4 is 9.64 Å². The third-order valence-electron chi connectivity index (χ3n) is 5.59. The zero-order valence-electron chi connectivity index (χ0n) is 17.8. The number of carbonyl (C=O) groups is 2. The van der Waals surface area contributed by atoms with Crippen LogP contribution in [0.5, 0.6) is 5.75 Å². The molecule has 4 rings (SSSR count). The van der Waals surface area contributed by atoms with Gasteiger partial charge in [-0.2, -0.15) is 0 Å². The molecule has 1 aromatic heterocycles. The van der Waals surface area contributed by atoms with Crippen molar-refractivity contribution in [1.29, 1.82) is 0 Å². The van der Waals surface area contributed by atoms with Gasteiger partial charge in [0, 0.05) is 16.1 Å². The summed E-state index contributed by atoms with van der Waals surface area (Å²) < 4.78 is 5.22. The van der Waals surface area contributed by atoms with E-state index in [1.54, 1.807) is 31.4 Å². The number of methoxy groups -OCH3 is 1. The molecule has 0 radical (unpaired) electrons. The number of ether oxygens (including phenoxy) is 1. The average molecular weight is 434 g/mol. The van der Waals surface area contributed by atoms with Crippen molar-refractivity contribution < 1.29 is 19.4 Å². The van der Waals surface area contributed by atoms with Crippen LogP contribution in [0.25, 0.3) is 5.76 Å². The van der Waals surface area contributed by atoms with Crippen molar-refractivity contribution in [3.8, 4) is 5.75 Å². The molecule has 158 valence electrons. The highest BCUT2D eigenvalue weighted by Crippen LogP contribution is 2.45. The summed E-state index contributed by atoms with van der Waals surface area (Å²) >= 11 is 1.46. The van der Waals surface area contributed by atoms with E-state index in [2.05, 4.69) is 0 Å². The number of aliphatic hydroxyl groups excluding tert-OH is 1. The number of hydrogen-bond acceptors (Lipinski definition) is 5. The van der Waals surface area contributed by atoms with Gasteiger partial charge < -0.3 is 9.84 Å². The summed E-state index contributed by atoms with van der Waals surface area (Å²) in [7, 11) is 1.57. The highest BCUT2D eigenvalue weighted by atomic mass is 32.1. The number of amides is 1. The molecule has 1 aliphatic heterocycles. The maximum Gasteiger partial charge on any atom is 0.300 e. The van der Waals surface area contributed by atoms with Crippen LogP contribution in [0.15, 0.2) is 59.5 Å². The number of nitrogens with zero attached hydrogens (tertiary/aromatic N) is 1. The Balaban J connectivity index is 1.96. The van der Waals surface area contributed by atoms with Crippen LogP contribution in [-0.4, -0.2) is 23.9 Å². The Morgan fingerprint density at radius 2 is 1.71 bits per heavy atom. The smallest absolute Gasteiger partial charge is 0.300 e. The molecule has 0 spiro atoms. The molecule has 1 saturated heterocycles. The number of benzene rings is 2. The third kappa shape index (κ3) is 3.53. The van der Waals surface area contributed by atoms with Crippen LogP contribution in [-0.2, 0) is 9.59 Å². The quantitative estimate of drug-likeness (QED) is 0.344. The van der Waals surface area contributed by atoms with Crippen LogP contribution in [0.3, 0.4) is 0 Å². The molecule has 1 amide bonds. The minimum Gasteiger partial charge on any atom is -0.507 e. The zero-order valence-corrected chi connectivity index (χ0v) is 18.6. The van der Waals surface area contributed by atoms with E-state index in [4.69, 9.17) is 4.74 Å². The molecule has 1 atom stereocenters. The van der Waals surface area contributed by atoms with E-state index in [1.165, 1.54) is 16.2 Å². The fourth-order valence-electron chi connectivity index (χ4n) is 3.89. The second-order valence-corrected chi connectivity index (χ2v) is 8.60. The Morgan fingerprint density at radius 3 is 2.32 bits per heavy atom. The molecule has 31 heavy (non-hydrogen) atoms. The molecule has 0 bridgehead atoms. The fourth-order valence-corrected chi connectivity index (χ4v) is 4.92. The average Bonchev–Trinajstić information content (AvgIpc) is 3.30. The van der Waals surface area contributed by atoms with Gasteiger partial charge in [0.25, 0.3) is 11.7 Å². The molecular weight excluding hydrogens is 410 g/mol. The maximum absolute atomic E-state index is 13.2. The Bertz CT molecular complexity index is 1210. The monoisotopic (exact) mass is 433 g/mol. The zero-order chi connectivity index (χ0) is 22.3. The van der Waals surface area contributed by atoms with Gasteiger partial charge in [-0.25, -0.2) is 0 Å². The van der Waals surface area contributed by atoms with Crippen LogP contribution >= 0.6 is 11.3 Å². The van der Waals surface area contributed by atoms with Crippen LogP contribution in [0.4, 0.5) is 5.69 Å². The SMILES string of the molecule is COc1ccc(N2C(=O)C(=O)/C(=C(/O)c3cc(C)ccc3C)C2c2sccc2C)cc1. The van der Waals surface area contributed by atoms with Crippen molar-refractivity contribution in [3.05, 3.63) is 86.6 Å².